The van der Waals surface area contributed by atoms with E-state index in [1.807, 2.05) is 0 Å². The van der Waals surface area contributed by atoms with Crippen LogP contribution < -0.4 is 5.32 Å². The Labute approximate surface area is 99.2 Å². The maximum Gasteiger partial charge on any atom is 0.173 e. The molecule has 17 heavy (non-hydrogen) atoms. The van der Waals surface area contributed by atoms with Gasteiger partial charge in [0, 0.05) is 11.4 Å². The van der Waals surface area contributed by atoms with Crippen molar-refractivity contribution in [3.8, 4) is 0 Å². The molecule has 0 bridgehead atoms. The fourth-order valence-corrected chi connectivity index (χ4v) is 1.93. The van der Waals surface area contributed by atoms with Gasteiger partial charge in [-0.05, 0) is 37.7 Å². The zero-order chi connectivity index (χ0) is 12.5. The highest BCUT2D eigenvalue weighted by Crippen LogP contribution is 2.31. The van der Waals surface area contributed by atoms with Crippen LogP contribution >= 0.6 is 0 Å². The second-order valence-corrected chi connectivity index (χ2v) is 4.20. The van der Waals surface area contributed by atoms with Crippen LogP contribution in [0.15, 0.2) is 34.9 Å². The highest BCUT2D eigenvalue weighted by atomic mass is 19.1. The molecule has 0 aliphatic heterocycles. The first-order chi connectivity index (χ1) is 8.11. The summed E-state index contributed by atoms with van der Waals surface area (Å²) in [6.07, 6.45) is 1.56. The number of hydrogen-bond donors (Lipinski definition) is 2. The quantitative estimate of drug-likeness (QED) is 0.856. The van der Waals surface area contributed by atoms with Crippen molar-refractivity contribution in [2.24, 2.45) is 0 Å². The van der Waals surface area contributed by atoms with Crippen LogP contribution in [-0.2, 0) is 5.67 Å². The number of hydrogen-bond acceptors (Lipinski definition) is 3. The minimum absolute atomic E-state index is 0.454. The lowest BCUT2D eigenvalue weighted by Gasteiger charge is -2.30. The van der Waals surface area contributed by atoms with Gasteiger partial charge in [-0.3, -0.25) is 0 Å². The molecule has 0 aliphatic carbocycles. The zero-order valence-corrected chi connectivity index (χ0v) is 9.90. The first kappa shape index (κ1) is 12.1. The van der Waals surface area contributed by atoms with Gasteiger partial charge in [0.1, 0.15) is 5.58 Å². The van der Waals surface area contributed by atoms with Gasteiger partial charge in [-0.15, -0.1) is 0 Å². The van der Waals surface area contributed by atoms with Gasteiger partial charge in [0.05, 0.1) is 12.9 Å². The number of alkyl halides is 1. The van der Waals surface area contributed by atoms with Crippen LogP contribution in [0.25, 0.3) is 11.0 Å². The van der Waals surface area contributed by atoms with Crippen molar-refractivity contribution in [1.82, 2.24) is 5.32 Å². The molecule has 2 unspecified atom stereocenters. The standard InChI is InChI=1S/C13H16FNO2/c1-9(15-2)13(14,8-16)11-3-4-12-10(7-11)5-6-17-12/h3-7,9,15-16H,8H2,1-2H3. The third-order valence-corrected chi connectivity index (χ3v) is 3.28. The molecule has 3 nitrogen and oxygen atoms in total. The van der Waals surface area contributed by atoms with E-state index >= 15 is 0 Å². The molecule has 1 heterocycles. The van der Waals surface area contributed by atoms with E-state index in [-0.39, 0.29) is 0 Å². The van der Waals surface area contributed by atoms with Crippen LogP contribution in [0.1, 0.15) is 12.5 Å². The van der Waals surface area contributed by atoms with Crippen LogP contribution in [-0.4, -0.2) is 24.8 Å². The third kappa shape index (κ3) is 1.94. The summed E-state index contributed by atoms with van der Waals surface area (Å²) in [7, 11) is 1.67. The van der Waals surface area contributed by atoms with Gasteiger partial charge in [-0.1, -0.05) is 6.07 Å². The second-order valence-electron chi connectivity index (χ2n) is 4.20. The van der Waals surface area contributed by atoms with E-state index in [2.05, 4.69) is 5.32 Å². The van der Waals surface area contributed by atoms with Crippen LogP contribution in [0.2, 0.25) is 0 Å². The molecule has 2 aromatic rings. The number of rotatable bonds is 4. The maximum atomic E-state index is 14.7. The minimum Gasteiger partial charge on any atom is -0.464 e. The fraction of sp³-hybridized carbons (Fsp3) is 0.385. The second kappa shape index (κ2) is 4.47. The van der Waals surface area contributed by atoms with Crippen molar-refractivity contribution in [3.05, 3.63) is 36.1 Å². The molecule has 2 atom stereocenters. The molecule has 1 aromatic carbocycles. The molecular weight excluding hydrogens is 221 g/mol. The largest absolute Gasteiger partial charge is 0.464 e. The monoisotopic (exact) mass is 237 g/mol. The summed E-state index contributed by atoms with van der Waals surface area (Å²) in [5, 5.41) is 13.0. The molecule has 0 radical (unpaired) electrons. The number of nitrogens with one attached hydrogen (secondary N) is 1. The van der Waals surface area contributed by atoms with Crippen molar-refractivity contribution in [1.29, 1.82) is 0 Å². The summed E-state index contributed by atoms with van der Waals surface area (Å²) in [4.78, 5) is 0. The molecular formula is C13H16FNO2. The average Bonchev–Trinajstić information content (AvgIpc) is 2.83. The highest BCUT2D eigenvalue weighted by Gasteiger charge is 2.37. The molecule has 92 valence electrons. The third-order valence-electron chi connectivity index (χ3n) is 3.28. The van der Waals surface area contributed by atoms with E-state index in [0.29, 0.717) is 11.1 Å². The fourth-order valence-electron chi connectivity index (χ4n) is 1.93. The molecule has 0 saturated carbocycles. The van der Waals surface area contributed by atoms with Gasteiger partial charge in [0.15, 0.2) is 5.67 Å². The Morgan fingerprint density at radius 3 is 2.88 bits per heavy atom. The van der Waals surface area contributed by atoms with Gasteiger partial charge >= 0.3 is 0 Å². The lowest BCUT2D eigenvalue weighted by atomic mass is 9.89. The maximum absolute atomic E-state index is 14.7. The number of aliphatic hydroxyl groups excluding tert-OH is 1. The highest BCUT2D eigenvalue weighted by molar-refractivity contribution is 5.78. The Morgan fingerprint density at radius 2 is 2.24 bits per heavy atom. The normalized spacial score (nSPS) is 16.9. The van der Waals surface area contributed by atoms with Crippen molar-refractivity contribution in [3.63, 3.8) is 0 Å². The number of benzene rings is 1. The van der Waals surface area contributed by atoms with E-state index in [9.17, 15) is 9.50 Å². The van der Waals surface area contributed by atoms with E-state index in [1.165, 1.54) is 0 Å². The lowest BCUT2D eigenvalue weighted by molar-refractivity contribution is 0.0390. The SMILES string of the molecule is CNC(C)C(F)(CO)c1ccc2occc2c1. The first-order valence-electron chi connectivity index (χ1n) is 5.56. The summed E-state index contributed by atoms with van der Waals surface area (Å²) >= 11 is 0. The summed E-state index contributed by atoms with van der Waals surface area (Å²) < 4.78 is 19.9. The van der Waals surface area contributed by atoms with E-state index < -0.39 is 18.3 Å². The molecule has 0 fully saturated rings. The van der Waals surface area contributed by atoms with Crippen molar-refractivity contribution < 1.29 is 13.9 Å². The van der Waals surface area contributed by atoms with Crippen molar-refractivity contribution in [2.45, 2.75) is 18.6 Å². The van der Waals surface area contributed by atoms with Gasteiger partial charge in [0.2, 0.25) is 0 Å². The smallest absolute Gasteiger partial charge is 0.173 e. The molecule has 4 heteroatoms. The van der Waals surface area contributed by atoms with Crippen LogP contribution in [0.4, 0.5) is 4.39 Å². The van der Waals surface area contributed by atoms with E-state index in [4.69, 9.17) is 4.42 Å². The van der Waals surface area contributed by atoms with Crippen LogP contribution in [0.3, 0.4) is 0 Å². The molecule has 0 spiro atoms. The van der Waals surface area contributed by atoms with E-state index in [1.54, 1.807) is 44.5 Å². The minimum atomic E-state index is -1.79. The molecule has 2 N–H and O–H groups in total. The Kier molecular flexibility index (Phi) is 3.17. The van der Waals surface area contributed by atoms with Gasteiger partial charge < -0.3 is 14.8 Å². The number of furan rings is 1. The summed E-state index contributed by atoms with van der Waals surface area (Å²) in [6.45, 7) is 1.15. The van der Waals surface area contributed by atoms with Crippen molar-refractivity contribution in [2.75, 3.05) is 13.7 Å². The molecule has 0 amide bonds. The number of aliphatic hydroxyl groups is 1. The molecule has 0 saturated heterocycles. The molecule has 1 aromatic heterocycles. The molecule has 0 aliphatic rings. The van der Waals surface area contributed by atoms with E-state index in [0.717, 1.165) is 5.39 Å². The Bertz CT molecular complexity index is 511. The van der Waals surface area contributed by atoms with Gasteiger partial charge in [0.25, 0.3) is 0 Å². The number of fused-ring (bicyclic) bond motifs is 1. The molecule has 2 rings (SSSR count). The predicted octanol–water partition coefficient (Wildman–Crippen LogP) is 2.20. The summed E-state index contributed by atoms with van der Waals surface area (Å²) in [6, 6.07) is 6.38. The first-order valence-corrected chi connectivity index (χ1v) is 5.56. The van der Waals surface area contributed by atoms with Crippen molar-refractivity contribution >= 4 is 11.0 Å². The van der Waals surface area contributed by atoms with Gasteiger partial charge in [-0.2, -0.15) is 0 Å². The zero-order valence-electron chi connectivity index (χ0n) is 9.90. The van der Waals surface area contributed by atoms with Crippen LogP contribution in [0, 0.1) is 0 Å². The average molecular weight is 237 g/mol. The van der Waals surface area contributed by atoms with Crippen LogP contribution in [0.5, 0.6) is 0 Å². The topological polar surface area (TPSA) is 45.4 Å². The Hall–Kier alpha value is -1.39. The summed E-state index contributed by atoms with van der Waals surface area (Å²) in [5.41, 5.74) is -0.623. The van der Waals surface area contributed by atoms with Gasteiger partial charge in [-0.25, -0.2) is 4.39 Å². The predicted molar refractivity (Wildman–Crippen MR) is 64.6 cm³/mol. The Balaban J connectivity index is 2.48. The Morgan fingerprint density at radius 1 is 1.47 bits per heavy atom. The number of halogens is 1. The lowest BCUT2D eigenvalue weighted by Crippen LogP contribution is -2.44. The number of likely N-dealkylation sites (N-methyl/N-ethyl adjacent to an activating group) is 1. The summed E-state index contributed by atoms with van der Waals surface area (Å²) in [5.74, 6) is 0.